The highest BCUT2D eigenvalue weighted by atomic mass is 16.2. The fourth-order valence-corrected chi connectivity index (χ4v) is 3.21. The Morgan fingerprint density at radius 2 is 1.80 bits per heavy atom. The lowest BCUT2D eigenvalue weighted by atomic mass is 10.1. The maximum absolute atomic E-state index is 12.5. The van der Waals surface area contributed by atoms with Gasteiger partial charge in [-0.1, -0.05) is 18.2 Å². The van der Waals surface area contributed by atoms with Crippen molar-refractivity contribution in [3.63, 3.8) is 0 Å². The first-order valence-electron chi connectivity index (χ1n) is 8.97. The number of carbonyl (C=O) groups is 1. The van der Waals surface area contributed by atoms with E-state index in [0.717, 1.165) is 30.9 Å². The zero-order valence-electron chi connectivity index (χ0n) is 14.2. The van der Waals surface area contributed by atoms with E-state index in [0.29, 0.717) is 18.2 Å². The predicted molar refractivity (Wildman–Crippen MR) is 97.7 cm³/mol. The van der Waals surface area contributed by atoms with Crippen LogP contribution in [-0.2, 0) is 0 Å². The van der Waals surface area contributed by atoms with Crippen LogP contribution in [-0.4, -0.2) is 40.0 Å². The minimum Gasteiger partial charge on any atom is -0.381 e. The largest absolute Gasteiger partial charge is 0.381 e. The predicted octanol–water partition coefficient (Wildman–Crippen LogP) is 3.46. The summed E-state index contributed by atoms with van der Waals surface area (Å²) in [5.41, 5.74) is 1.76. The number of anilines is 2. The average Bonchev–Trinajstić information content (AvgIpc) is 3.49. The molecule has 2 fully saturated rings. The third-order valence-electron chi connectivity index (χ3n) is 4.72. The lowest BCUT2D eigenvalue weighted by Crippen LogP contribution is -2.46. The number of para-hydroxylation sites is 1. The van der Waals surface area contributed by atoms with Gasteiger partial charge in [0.25, 0.3) is 0 Å². The summed E-state index contributed by atoms with van der Waals surface area (Å²) in [5.74, 6) is 1.42. The summed E-state index contributed by atoms with van der Waals surface area (Å²) in [6, 6.07) is 10.3. The van der Waals surface area contributed by atoms with Crippen LogP contribution in [0.3, 0.4) is 0 Å². The van der Waals surface area contributed by atoms with Crippen LogP contribution >= 0.6 is 0 Å². The first-order chi connectivity index (χ1) is 12.3. The molecule has 1 unspecified atom stereocenters. The van der Waals surface area contributed by atoms with Gasteiger partial charge in [-0.25, -0.2) is 14.8 Å². The second-order valence-electron chi connectivity index (χ2n) is 6.83. The summed E-state index contributed by atoms with van der Waals surface area (Å²) in [5, 5.41) is 6.43. The number of piperidine rings is 1. The van der Waals surface area contributed by atoms with Gasteiger partial charge in [-0.3, -0.25) is 0 Å². The van der Waals surface area contributed by atoms with Crippen molar-refractivity contribution in [1.82, 2.24) is 14.9 Å². The van der Waals surface area contributed by atoms with E-state index in [2.05, 4.69) is 32.7 Å². The Labute approximate surface area is 147 Å². The van der Waals surface area contributed by atoms with Gasteiger partial charge < -0.3 is 15.5 Å². The molecule has 2 aliphatic rings. The fourth-order valence-electron chi connectivity index (χ4n) is 3.21. The molecule has 1 aromatic carbocycles. The van der Waals surface area contributed by atoms with E-state index in [-0.39, 0.29) is 12.1 Å². The van der Waals surface area contributed by atoms with E-state index in [1.165, 1.54) is 12.8 Å². The van der Waals surface area contributed by atoms with Crippen LogP contribution in [0.4, 0.5) is 16.2 Å². The number of urea groups is 1. The average molecular weight is 337 g/mol. The highest BCUT2D eigenvalue weighted by Gasteiger charge is 2.27. The molecule has 25 heavy (non-hydrogen) atoms. The van der Waals surface area contributed by atoms with Gasteiger partial charge in [-0.05, 0) is 37.8 Å². The maximum atomic E-state index is 12.5. The first kappa shape index (κ1) is 15.9. The summed E-state index contributed by atoms with van der Waals surface area (Å²) in [6.45, 7) is 1.47. The standard InChI is InChI=1S/C19H23N5O/c25-19(23-17-11-20-18(21-12-17)14-8-9-14)24-10-4-7-16(13-24)22-15-5-2-1-3-6-15/h1-3,5-6,11-12,14,16,22H,4,7-10,13H2,(H,23,25). The summed E-state index contributed by atoms with van der Waals surface area (Å²) in [4.78, 5) is 23.1. The highest BCUT2D eigenvalue weighted by molar-refractivity contribution is 5.89. The first-order valence-corrected chi connectivity index (χ1v) is 8.97. The number of carbonyl (C=O) groups excluding carboxylic acids is 1. The topological polar surface area (TPSA) is 70.2 Å². The number of benzene rings is 1. The number of nitrogens with one attached hydrogen (secondary N) is 2. The molecule has 130 valence electrons. The molecule has 6 nitrogen and oxygen atoms in total. The smallest absolute Gasteiger partial charge is 0.322 e. The Morgan fingerprint density at radius 1 is 1.04 bits per heavy atom. The molecule has 2 heterocycles. The van der Waals surface area contributed by atoms with Crippen LogP contribution in [0.1, 0.15) is 37.4 Å². The molecule has 0 bridgehead atoms. The molecule has 0 radical (unpaired) electrons. The van der Waals surface area contributed by atoms with Gasteiger partial charge >= 0.3 is 6.03 Å². The molecule has 1 saturated heterocycles. The van der Waals surface area contributed by atoms with E-state index in [4.69, 9.17) is 0 Å². The molecule has 1 saturated carbocycles. The third kappa shape index (κ3) is 4.07. The molecule has 0 spiro atoms. The molecule has 4 rings (SSSR count). The molecule has 1 aliphatic heterocycles. The number of amides is 2. The van der Waals surface area contributed by atoms with Crippen LogP contribution < -0.4 is 10.6 Å². The number of nitrogens with zero attached hydrogens (tertiary/aromatic N) is 3. The van der Waals surface area contributed by atoms with E-state index in [1.807, 2.05) is 23.1 Å². The van der Waals surface area contributed by atoms with Crippen molar-refractivity contribution >= 4 is 17.4 Å². The summed E-state index contributed by atoms with van der Waals surface area (Å²) in [7, 11) is 0. The second kappa shape index (κ2) is 7.09. The van der Waals surface area contributed by atoms with Gasteiger partial charge in [0, 0.05) is 30.7 Å². The Bertz CT molecular complexity index is 714. The van der Waals surface area contributed by atoms with Gasteiger partial charge in [0.1, 0.15) is 5.82 Å². The SMILES string of the molecule is O=C(Nc1cnc(C2CC2)nc1)N1CCCC(Nc2ccccc2)C1. The number of hydrogen-bond acceptors (Lipinski definition) is 4. The minimum atomic E-state index is -0.0812. The van der Waals surface area contributed by atoms with Crippen molar-refractivity contribution in [2.45, 2.75) is 37.6 Å². The normalized spacial score (nSPS) is 20.2. The van der Waals surface area contributed by atoms with E-state index < -0.39 is 0 Å². The zero-order valence-corrected chi connectivity index (χ0v) is 14.2. The lowest BCUT2D eigenvalue weighted by Gasteiger charge is -2.33. The molecule has 2 N–H and O–H groups in total. The molecule has 2 amide bonds. The van der Waals surface area contributed by atoms with Crippen molar-refractivity contribution in [3.05, 3.63) is 48.5 Å². The Hall–Kier alpha value is -2.63. The second-order valence-corrected chi connectivity index (χ2v) is 6.83. The van der Waals surface area contributed by atoms with Crippen molar-refractivity contribution in [2.75, 3.05) is 23.7 Å². The van der Waals surface area contributed by atoms with Gasteiger partial charge in [0.2, 0.25) is 0 Å². The summed E-state index contributed by atoms with van der Waals surface area (Å²) < 4.78 is 0. The van der Waals surface area contributed by atoms with Crippen LogP contribution in [0.25, 0.3) is 0 Å². The van der Waals surface area contributed by atoms with Crippen LogP contribution in [0.2, 0.25) is 0 Å². The Morgan fingerprint density at radius 3 is 2.52 bits per heavy atom. The number of rotatable bonds is 4. The minimum absolute atomic E-state index is 0.0812. The van der Waals surface area contributed by atoms with Crippen LogP contribution in [0.15, 0.2) is 42.7 Å². The fraction of sp³-hybridized carbons (Fsp3) is 0.421. The van der Waals surface area contributed by atoms with Gasteiger partial charge in [-0.15, -0.1) is 0 Å². The zero-order chi connectivity index (χ0) is 17.1. The van der Waals surface area contributed by atoms with Gasteiger partial charge in [0.05, 0.1) is 18.1 Å². The lowest BCUT2D eigenvalue weighted by molar-refractivity contribution is 0.196. The van der Waals surface area contributed by atoms with Crippen molar-refractivity contribution in [1.29, 1.82) is 0 Å². The molecule has 1 atom stereocenters. The monoisotopic (exact) mass is 337 g/mol. The molecule has 6 heteroatoms. The van der Waals surface area contributed by atoms with Gasteiger partial charge in [-0.2, -0.15) is 0 Å². The van der Waals surface area contributed by atoms with Crippen molar-refractivity contribution in [2.24, 2.45) is 0 Å². The van der Waals surface area contributed by atoms with Crippen LogP contribution in [0, 0.1) is 0 Å². The number of likely N-dealkylation sites (tertiary alicyclic amines) is 1. The van der Waals surface area contributed by atoms with Crippen molar-refractivity contribution in [3.8, 4) is 0 Å². The number of hydrogen-bond donors (Lipinski definition) is 2. The van der Waals surface area contributed by atoms with E-state index in [1.54, 1.807) is 12.4 Å². The quantitative estimate of drug-likeness (QED) is 0.896. The maximum Gasteiger partial charge on any atom is 0.322 e. The molecule has 2 aromatic rings. The van der Waals surface area contributed by atoms with E-state index >= 15 is 0 Å². The third-order valence-corrected chi connectivity index (χ3v) is 4.72. The Balaban J connectivity index is 1.33. The van der Waals surface area contributed by atoms with E-state index in [9.17, 15) is 4.79 Å². The molecule has 1 aromatic heterocycles. The van der Waals surface area contributed by atoms with Gasteiger partial charge in [0.15, 0.2) is 0 Å². The van der Waals surface area contributed by atoms with Crippen molar-refractivity contribution < 1.29 is 4.79 Å². The highest BCUT2D eigenvalue weighted by Crippen LogP contribution is 2.37. The summed E-state index contributed by atoms with van der Waals surface area (Å²) >= 11 is 0. The molecular weight excluding hydrogens is 314 g/mol. The summed E-state index contributed by atoms with van der Waals surface area (Å²) in [6.07, 6.45) is 7.84. The van der Waals surface area contributed by atoms with Crippen LogP contribution in [0.5, 0.6) is 0 Å². The number of aromatic nitrogens is 2. The molecule has 1 aliphatic carbocycles. The Kier molecular flexibility index (Phi) is 4.50. The molecular formula is C19H23N5O.